The van der Waals surface area contributed by atoms with Crippen LogP contribution in [0, 0.1) is 0 Å². The zero-order valence-corrected chi connectivity index (χ0v) is 21.1. The molecule has 34 heavy (non-hydrogen) atoms. The molecular formula is C25H19Cl3N2O3S. The number of halogens is 3. The number of rotatable bonds is 7. The summed E-state index contributed by atoms with van der Waals surface area (Å²) in [5.41, 5.74) is 2.18. The van der Waals surface area contributed by atoms with Crippen LogP contribution in [0.4, 0.5) is 5.69 Å². The Labute approximate surface area is 216 Å². The molecule has 1 heterocycles. The molecule has 0 atom stereocenters. The van der Waals surface area contributed by atoms with E-state index in [-0.39, 0.29) is 5.91 Å². The van der Waals surface area contributed by atoms with Crippen molar-refractivity contribution in [3.63, 3.8) is 0 Å². The van der Waals surface area contributed by atoms with Gasteiger partial charge in [-0.05, 0) is 60.2 Å². The van der Waals surface area contributed by atoms with E-state index in [9.17, 15) is 4.79 Å². The minimum Gasteiger partial charge on any atom is -0.490 e. The molecule has 1 aliphatic heterocycles. The Morgan fingerprint density at radius 2 is 1.79 bits per heavy atom. The van der Waals surface area contributed by atoms with E-state index in [1.165, 1.54) is 11.8 Å². The third-order valence-corrected chi connectivity index (χ3v) is 6.66. The van der Waals surface area contributed by atoms with Crippen LogP contribution in [0.15, 0.2) is 70.6 Å². The first-order chi connectivity index (χ1) is 16.4. The van der Waals surface area contributed by atoms with Crippen LogP contribution in [0.2, 0.25) is 15.1 Å². The summed E-state index contributed by atoms with van der Waals surface area (Å²) in [6.45, 7) is 2.67. The number of carbonyl (C=O) groups excluding carboxylic acids is 1. The zero-order valence-electron chi connectivity index (χ0n) is 18.0. The Balaban J connectivity index is 1.57. The highest BCUT2D eigenvalue weighted by molar-refractivity contribution is 8.18. The number of aliphatic imine (C=N–C) groups is 1. The fraction of sp³-hybridized carbons (Fsp3) is 0.120. The van der Waals surface area contributed by atoms with Crippen molar-refractivity contribution in [2.75, 3.05) is 6.61 Å². The van der Waals surface area contributed by atoms with Gasteiger partial charge in [-0.1, -0.05) is 71.2 Å². The predicted molar refractivity (Wildman–Crippen MR) is 141 cm³/mol. The lowest BCUT2D eigenvalue weighted by atomic mass is 10.1. The summed E-state index contributed by atoms with van der Waals surface area (Å²) in [7, 11) is 0. The van der Waals surface area contributed by atoms with Crippen molar-refractivity contribution in [3.05, 3.63) is 91.8 Å². The molecule has 1 N–H and O–H groups in total. The first-order valence-electron chi connectivity index (χ1n) is 10.3. The van der Waals surface area contributed by atoms with Gasteiger partial charge in [0, 0.05) is 0 Å². The summed E-state index contributed by atoms with van der Waals surface area (Å²) >= 11 is 20.0. The molecule has 174 valence electrons. The quantitative estimate of drug-likeness (QED) is 0.319. The second-order valence-corrected chi connectivity index (χ2v) is 9.31. The molecule has 3 aromatic rings. The first kappa shape index (κ1) is 24.5. The second kappa shape index (κ2) is 11.2. The van der Waals surface area contributed by atoms with Crippen LogP contribution in [0.1, 0.15) is 18.1 Å². The van der Waals surface area contributed by atoms with E-state index in [0.29, 0.717) is 61.1 Å². The normalized spacial score (nSPS) is 15.6. The molecule has 0 spiro atoms. The van der Waals surface area contributed by atoms with Crippen molar-refractivity contribution in [2.45, 2.75) is 13.5 Å². The largest absolute Gasteiger partial charge is 0.490 e. The number of nitrogens with one attached hydrogen (secondary N) is 1. The van der Waals surface area contributed by atoms with Crippen molar-refractivity contribution in [1.82, 2.24) is 5.32 Å². The van der Waals surface area contributed by atoms with Gasteiger partial charge < -0.3 is 14.8 Å². The van der Waals surface area contributed by atoms with Crippen LogP contribution in [0.3, 0.4) is 0 Å². The van der Waals surface area contributed by atoms with Crippen LogP contribution in [0.25, 0.3) is 6.08 Å². The summed E-state index contributed by atoms with van der Waals surface area (Å²) in [6.07, 6.45) is 1.72. The highest BCUT2D eigenvalue weighted by Gasteiger charge is 2.25. The van der Waals surface area contributed by atoms with Gasteiger partial charge >= 0.3 is 0 Å². The molecule has 1 aliphatic rings. The number of ether oxygens (including phenoxy) is 2. The molecule has 0 saturated carbocycles. The maximum atomic E-state index is 12.5. The lowest BCUT2D eigenvalue weighted by Crippen LogP contribution is -2.19. The van der Waals surface area contributed by atoms with Crippen molar-refractivity contribution in [3.8, 4) is 11.5 Å². The molecular weight excluding hydrogens is 515 g/mol. The van der Waals surface area contributed by atoms with E-state index in [0.717, 1.165) is 5.56 Å². The molecule has 0 radical (unpaired) electrons. The van der Waals surface area contributed by atoms with Crippen LogP contribution in [-0.2, 0) is 11.4 Å². The molecule has 1 fully saturated rings. The Hall–Kier alpha value is -2.64. The average Bonchev–Trinajstić information content (AvgIpc) is 3.15. The van der Waals surface area contributed by atoms with Crippen molar-refractivity contribution in [1.29, 1.82) is 0 Å². The highest BCUT2D eigenvalue weighted by Crippen LogP contribution is 2.39. The van der Waals surface area contributed by atoms with Crippen LogP contribution in [-0.4, -0.2) is 17.7 Å². The van der Waals surface area contributed by atoms with Gasteiger partial charge in [-0.2, -0.15) is 0 Å². The van der Waals surface area contributed by atoms with Crippen molar-refractivity contribution >= 4 is 69.4 Å². The van der Waals surface area contributed by atoms with Gasteiger partial charge in [-0.3, -0.25) is 4.79 Å². The van der Waals surface area contributed by atoms with E-state index in [1.54, 1.807) is 36.4 Å². The molecule has 4 rings (SSSR count). The van der Waals surface area contributed by atoms with Crippen molar-refractivity contribution in [2.24, 2.45) is 4.99 Å². The van der Waals surface area contributed by atoms with E-state index in [4.69, 9.17) is 44.3 Å². The SMILES string of the molecule is CCOc1cc(/C=C2/SC(=Nc3cccc(Cl)c3Cl)NC2=O)cc(Cl)c1OCc1ccccc1. The molecule has 3 aromatic carbocycles. The number of thioether (sulfide) groups is 1. The van der Waals surface area contributed by atoms with E-state index in [2.05, 4.69) is 10.3 Å². The van der Waals surface area contributed by atoms with Gasteiger partial charge in [0.05, 0.1) is 32.3 Å². The maximum Gasteiger partial charge on any atom is 0.264 e. The maximum absolute atomic E-state index is 12.5. The Morgan fingerprint density at radius 3 is 2.56 bits per heavy atom. The smallest absolute Gasteiger partial charge is 0.264 e. The summed E-state index contributed by atoms with van der Waals surface area (Å²) in [6, 6.07) is 18.4. The van der Waals surface area contributed by atoms with Crippen LogP contribution in [0.5, 0.6) is 11.5 Å². The van der Waals surface area contributed by atoms with Gasteiger partial charge in [0.15, 0.2) is 16.7 Å². The molecule has 9 heteroatoms. The highest BCUT2D eigenvalue weighted by atomic mass is 35.5. The third kappa shape index (κ3) is 5.88. The molecule has 1 saturated heterocycles. The topological polar surface area (TPSA) is 59.9 Å². The number of hydrogen-bond donors (Lipinski definition) is 1. The van der Waals surface area contributed by atoms with Gasteiger partial charge in [-0.15, -0.1) is 0 Å². The lowest BCUT2D eigenvalue weighted by Gasteiger charge is -2.14. The van der Waals surface area contributed by atoms with E-state index >= 15 is 0 Å². The monoisotopic (exact) mass is 532 g/mol. The minimum atomic E-state index is -0.277. The molecule has 0 unspecified atom stereocenters. The number of amidine groups is 1. The number of carbonyl (C=O) groups is 1. The Kier molecular flexibility index (Phi) is 8.06. The summed E-state index contributed by atoms with van der Waals surface area (Å²) in [4.78, 5) is 17.4. The van der Waals surface area contributed by atoms with Gasteiger partial charge in [0.2, 0.25) is 0 Å². The summed E-state index contributed by atoms with van der Waals surface area (Å²) < 4.78 is 11.7. The second-order valence-electron chi connectivity index (χ2n) is 7.09. The fourth-order valence-corrected chi connectivity index (χ4v) is 4.57. The van der Waals surface area contributed by atoms with E-state index in [1.807, 2.05) is 37.3 Å². The molecule has 5 nitrogen and oxygen atoms in total. The summed E-state index contributed by atoms with van der Waals surface area (Å²) in [5, 5.41) is 4.24. The average molecular weight is 534 g/mol. The zero-order chi connectivity index (χ0) is 24.1. The number of benzene rings is 3. The molecule has 0 bridgehead atoms. The van der Waals surface area contributed by atoms with Crippen LogP contribution < -0.4 is 14.8 Å². The fourth-order valence-electron chi connectivity index (χ4n) is 3.12. The van der Waals surface area contributed by atoms with Gasteiger partial charge in [0.1, 0.15) is 6.61 Å². The van der Waals surface area contributed by atoms with Gasteiger partial charge in [-0.25, -0.2) is 4.99 Å². The molecule has 1 amide bonds. The molecule has 0 aromatic heterocycles. The number of hydrogen-bond acceptors (Lipinski definition) is 5. The van der Waals surface area contributed by atoms with Gasteiger partial charge in [0.25, 0.3) is 5.91 Å². The number of nitrogens with zero attached hydrogens (tertiary/aromatic N) is 1. The Morgan fingerprint density at radius 1 is 1.00 bits per heavy atom. The Bertz CT molecular complexity index is 1280. The lowest BCUT2D eigenvalue weighted by molar-refractivity contribution is -0.115. The van der Waals surface area contributed by atoms with E-state index < -0.39 is 0 Å². The third-order valence-electron chi connectivity index (χ3n) is 4.66. The standard InChI is InChI=1S/C25H19Cl3N2O3S/c1-2-32-20-12-16(11-18(27)23(20)33-14-15-7-4-3-5-8-15)13-21-24(31)30-25(34-21)29-19-10-6-9-17(26)22(19)28/h3-13H,2,14H2,1H3,(H,29,30,31)/b21-13+. The minimum absolute atomic E-state index is 0.277. The predicted octanol–water partition coefficient (Wildman–Crippen LogP) is 7.52. The van der Waals surface area contributed by atoms with Crippen LogP contribution >= 0.6 is 46.6 Å². The van der Waals surface area contributed by atoms with Crippen molar-refractivity contribution < 1.29 is 14.3 Å². The first-order valence-corrected chi connectivity index (χ1v) is 12.3. The number of amides is 1. The summed E-state index contributed by atoms with van der Waals surface area (Å²) in [5.74, 6) is 0.678. The molecule has 0 aliphatic carbocycles.